The minimum absolute atomic E-state index is 0.187. The van der Waals surface area contributed by atoms with Crippen LogP contribution in [0.5, 0.6) is 5.75 Å². The molecule has 0 fully saturated rings. The van der Waals surface area contributed by atoms with Crippen molar-refractivity contribution < 1.29 is 14.7 Å². The minimum atomic E-state index is -0.642. The molecule has 1 atom stereocenters. The Labute approximate surface area is 126 Å². The van der Waals surface area contributed by atoms with Crippen LogP contribution in [0.4, 0.5) is 0 Å². The van der Waals surface area contributed by atoms with Crippen molar-refractivity contribution >= 4 is 11.6 Å². The van der Waals surface area contributed by atoms with E-state index in [0.717, 1.165) is 5.56 Å². The number of hydrogen-bond acceptors (Lipinski definition) is 4. The molecule has 0 saturated heterocycles. The van der Waals surface area contributed by atoms with Gasteiger partial charge in [0.05, 0.1) is 5.71 Å². The van der Waals surface area contributed by atoms with E-state index in [2.05, 4.69) is 10.5 Å². The number of aryl methyl sites for hydroxylation is 1. The van der Waals surface area contributed by atoms with Crippen LogP contribution in [0.15, 0.2) is 23.4 Å². The van der Waals surface area contributed by atoms with Crippen LogP contribution in [0, 0.1) is 6.92 Å². The third-order valence-electron chi connectivity index (χ3n) is 2.85. The highest BCUT2D eigenvalue weighted by Crippen LogP contribution is 2.22. The third-order valence-corrected chi connectivity index (χ3v) is 2.85. The molecule has 0 radical (unpaired) electrons. The normalized spacial score (nSPS) is 13.7. The lowest BCUT2D eigenvalue weighted by atomic mass is 10.1. The highest BCUT2D eigenvalue weighted by Gasteiger charge is 2.21. The van der Waals surface area contributed by atoms with Gasteiger partial charge in [-0.1, -0.05) is 11.2 Å². The van der Waals surface area contributed by atoms with Gasteiger partial charge in [-0.25, -0.2) is 0 Å². The van der Waals surface area contributed by atoms with Gasteiger partial charge in [0, 0.05) is 11.1 Å². The van der Waals surface area contributed by atoms with Crippen molar-refractivity contribution in [2.75, 3.05) is 0 Å². The lowest BCUT2D eigenvalue weighted by molar-refractivity contribution is -0.128. The number of amides is 1. The summed E-state index contributed by atoms with van der Waals surface area (Å²) in [6, 6.07) is 5.54. The van der Waals surface area contributed by atoms with Crippen LogP contribution in [-0.2, 0) is 4.79 Å². The molecule has 0 aliphatic heterocycles. The maximum atomic E-state index is 12.1. The van der Waals surface area contributed by atoms with Crippen molar-refractivity contribution in [3.05, 3.63) is 29.3 Å². The molecule has 1 aromatic rings. The zero-order valence-electron chi connectivity index (χ0n) is 13.5. The zero-order valence-corrected chi connectivity index (χ0v) is 13.5. The summed E-state index contributed by atoms with van der Waals surface area (Å²) < 4.78 is 5.75. The Hall–Kier alpha value is -2.04. The molecular weight excluding hydrogens is 268 g/mol. The molecule has 0 aliphatic carbocycles. The lowest BCUT2D eigenvalue weighted by Gasteiger charge is -2.24. The Morgan fingerprint density at radius 1 is 1.38 bits per heavy atom. The van der Waals surface area contributed by atoms with Gasteiger partial charge >= 0.3 is 0 Å². The number of nitrogens with zero attached hydrogens (tertiary/aromatic N) is 1. The van der Waals surface area contributed by atoms with Gasteiger partial charge in [-0.2, -0.15) is 0 Å². The van der Waals surface area contributed by atoms with Gasteiger partial charge in [0.1, 0.15) is 5.75 Å². The first-order valence-corrected chi connectivity index (χ1v) is 6.92. The molecule has 1 rings (SSSR count). The number of benzene rings is 1. The van der Waals surface area contributed by atoms with Gasteiger partial charge in [-0.3, -0.25) is 4.79 Å². The fourth-order valence-corrected chi connectivity index (χ4v) is 1.80. The first-order valence-electron chi connectivity index (χ1n) is 6.92. The number of carbonyl (C=O) groups is 1. The summed E-state index contributed by atoms with van der Waals surface area (Å²) in [5.74, 6) is 0.343. The largest absolute Gasteiger partial charge is 0.480 e. The number of rotatable bonds is 4. The molecule has 5 nitrogen and oxygen atoms in total. The van der Waals surface area contributed by atoms with E-state index >= 15 is 0 Å². The smallest absolute Gasteiger partial charge is 0.261 e. The molecule has 0 bridgehead atoms. The molecule has 0 spiro atoms. The Kier molecular flexibility index (Phi) is 5.35. The second-order valence-corrected chi connectivity index (χ2v) is 6.18. The number of oxime groups is 1. The molecule has 2 N–H and O–H groups in total. The van der Waals surface area contributed by atoms with Crippen LogP contribution >= 0.6 is 0 Å². The highest BCUT2D eigenvalue weighted by molar-refractivity contribution is 6.00. The maximum Gasteiger partial charge on any atom is 0.261 e. The Morgan fingerprint density at radius 2 is 2.00 bits per heavy atom. The third kappa shape index (κ3) is 5.10. The molecule has 21 heavy (non-hydrogen) atoms. The monoisotopic (exact) mass is 292 g/mol. The lowest BCUT2D eigenvalue weighted by Crippen LogP contribution is -2.46. The van der Waals surface area contributed by atoms with E-state index in [4.69, 9.17) is 9.94 Å². The Balaban J connectivity index is 2.96. The van der Waals surface area contributed by atoms with Gasteiger partial charge in [-0.05, 0) is 59.2 Å². The minimum Gasteiger partial charge on any atom is -0.480 e. The number of carbonyl (C=O) groups excluding carboxylic acids is 1. The van der Waals surface area contributed by atoms with Crippen LogP contribution in [0.2, 0.25) is 0 Å². The second-order valence-electron chi connectivity index (χ2n) is 6.18. The molecule has 0 saturated carbocycles. The van der Waals surface area contributed by atoms with Gasteiger partial charge in [-0.15, -0.1) is 0 Å². The van der Waals surface area contributed by atoms with Crippen LogP contribution in [0.25, 0.3) is 0 Å². The van der Waals surface area contributed by atoms with Crippen LogP contribution in [-0.4, -0.2) is 28.5 Å². The molecule has 1 aromatic carbocycles. The standard InChI is InChI=1S/C16H24N2O3/c1-10-7-8-13(11(2)18-20)14(9-10)21-12(3)15(19)17-16(4,5)6/h7-9,12,20H,1-6H3,(H,17,19). The number of nitrogens with one attached hydrogen (secondary N) is 1. The summed E-state index contributed by atoms with van der Waals surface area (Å²) in [7, 11) is 0. The maximum absolute atomic E-state index is 12.1. The predicted octanol–water partition coefficient (Wildman–Crippen LogP) is 2.88. The van der Waals surface area contributed by atoms with Crippen LogP contribution in [0.1, 0.15) is 45.7 Å². The van der Waals surface area contributed by atoms with E-state index in [1.807, 2.05) is 45.9 Å². The van der Waals surface area contributed by atoms with E-state index in [1.54, 1.807) is 13.8 Å². The summed E-state index contributed by atoms with van der Waals surface area (Å²) in [5, 5.41) is 15.0. The zero-order chi connectivity index (χ0) is 16.2. The van der Waals surface area contributed by atoms with Gasteiger partial charge in [0.15, 0.2) is 6.10 Å². The molecule has 1 unspecified atom stereocenters. The Morgan fingerprint density at radius 3 is 2.52 bits per heavy atom. The first-order chi connectivity index (χ1) is 9.64. The first kappa shape index (κ1) is 17.0. The van der Waals surface area contributed by atoms with Crippen molar-refractivity contribution in [3.8, 4) is 5.75 Å². The topological polar surface area (TPSA) is 70.9 Å². The average Bonchev–Trinajstić information content (AvgIpc) is 2.36. The molecular formula is C16H24N2O3. The van der Waals surface area contributed by atoms with E-state index < -0.39 is 6.10 Å². The van der Waals surface area contributed by atoms with Crippen molar-refractivity contribution in [1.82, 2.24) is 5.32 Å². The number of hydrogen-bond donors (Lipinski definition) is 2. The summed E-state index contributed by atoms with van der Waals surface area (Å²) in [6.07, 6.45) is -0.642. The van der Waals surface area contributed by atoms with Gasteiger partial charge < -0.3 is 15.3 Å². The molecule has 0 aromatic heterocycles. The molecule has 0 aliphatic rings. The van der Waals surface area contributed by atoms with E-state index in [9.17, 15) is 4.79 Å². The van der Waals surface area contributed by atoms with Crippen molar-refractivity contribution in [2.45, 2.75) is 53.2 Å². The molecule has 5 heteroatoms. The van der Waals surface area contributed by atoms with E-state index in [-0.39, 0.29) is 11.4 Å². The Bertz CT molecular complexity index is 545. The highest BCUT2D eigenvalue weighted by atomic mass is 16.5. The SMILES string of the molecule is CC(=NO)c1ccc(C)cc1OC(C)C(=O)NC(C)(C)C. The van der Waals surface area contributed by atoms with Gasteiger partial charge in [0.2, 0.25) is 0 Å². The average molecular weight is 292 g/mol. The van der Waals surface area contributed by atoms with Crippen LogP contribution < -0.4 is 10.1 Å². The molecule has 1 amide bonds. The van der Waals surface area contributed by atoms with Crippen LogP contribution in [0.3, 0.4) is 0 Å². The van der Waals surface area contributed by atoms with Gasteiger partial charge in [0.25, 0.3) is 5.91 Å². The van der Waals surface area contributed by atoms with Crippen molar-refractivity contribution in [3.63, 3.8) is 0 Å². The fraction of sp³-hybridized carbons (Fsp3) is 0.500. The molecule has 0 heterocycles. The van der Waals surface area contributed by atoms with E-state index in [0.29, 0.717) is 17.0 Å². The van der Waals surface area contributed by atoms with E-state index in [1.165, 1.54) is 0 Å². The van der Waals surface area contributed by atoms with Crippen molar-refractivity contribution in [1.29, 1.82) is 0 Å². The second kappa shape index (κ2) is 6.61. The quantitative estimate of drug-likeness (QED) is 0.509. The summed E-state index contributed by atoms with van der Waals surface area (Å²) in [4.78, 5) is 12.1. The van der Waals surface area contributed by atoms with Crippen molar-refractivity contribution in [2.24, 2.45) is 5.16 Å². The molecule has 116 valence electrons. The fourth-order valence-electron chi connectivity index (χ4n) is 1.80. The number of ether oxygens (including phenoxy) is 1. The predicted molar refractivity (Wildman–Crippen MR) is 83.2 cm³/mol. The summed E-state index contributed by atoms with van der Waals surface area (Å²) >= 11 is 0. The summed E-state index contributed by atoms with van der Waals surface area (Å²) in [5.41, 5.74) is 1.79. The summed E-state index contributed by atoms with van der Waals surface area (Å²) in [6.45, 7) is 11.0.